The van der Waals surface area contributed by atoms with Gasteiger partial charge in [0.25, 0.3) is 0 Å². The van der Waals surface area contributed by atoms with Crippen molar-refractivity contribution in [2.24, 2.45) is 0 Å². The van der Waals surface area contributed by atoms with E-state index in [0.29, 0.717) is 0 Å². The molecular weight excluding hydrogens is 253 g/mol. The Balaban J connectivity index is 2.42. The molecule has 0 aliphatic rings. The smallest absolute Gasteiger partial charge is 0.123 e. The Morgan fingerprint density at radius 2 is 1.80 bits per heavy atom. The molecule has 0 radical (unpaired) electrons. The number of methoxy groups -OCH3 is 1. The summed E-state index contributed by atoms with van der Waals surface area (Å²) in [6, 6.07) is 14.7. The molecule has 2 aromatic carbocycles. The van der Waals surface area contributed by atoms with Crippen molar-refractivity contribution in [3.8, 4) is 0 Å². The lowest BCUT2D eigenvalue weighted by Crippen LogP contribution is -2.26. The summed E-state index contributed by atoms with van der Waals surface area (Å²) in [5, 5.41) is 3.24. The molecule has 20 heavy (non-hydrogen) atoms. The second-order valence-corrected chi connectivity index (χ2v) is 4.83. The molecule has 1 N–H and O–H groups in total. The van der Waals surface area contributed by atoms with Crippen LogP contribution in [0, 0.1) is 12.7 Å². The van der Waals surface area contributed by atoms with Crippen LogP contribution in [0.3, 0.4) is 0 Å². The number of aryl methyl sites for hydroxylation is 1. The fourth-order valence-corrected chi connectivity index (χ4v) is 2.52. The van der Waals surface area contributed by atoms with Crippen molar-refractivity contribution in [3.63, 3.8) is 0 Å². The Morgan fingerprint density at radius 1 is 1.10 bits per heavy atom. The van der Waals surface area contributed by atoms with Crippen LogP contribution in [0.2, 0.25) is 0 Å². The second-order valence-electron chi connectivity index (χ2n) is 4.83. The van der Waals surface area contributed by atoms with Crippen LogP contribution in [0.1, 0.15) is 28.8 Å². The van der Waals surface area contributed by atoms with Crippen molar-refractivity contribution in [3.05, 3.63) is 71.0 Å². The van der Waals surface area contributed by atoms with Gasteiger partial charge >= 0.3 is 0 Å². The van der Waals surface area contributed by atoms with Gasteiger partial charge in [-0.15, -0.1) is 0 Å². The fraction of sp³-hybridized carbons (Fsp3) is 0.294. The van der Waals surface area contributed by atoms with E-state index in [9.17, 15) is 4.39 Å². The van der Waals surface area contributed by atoms with E-state index in [4.69, 9.17) is 4.74 Å². The quantitative estimate of drug-likeness (QED) is 0.895. The highest BCUT2D eigenvalue weighted by molar-refractivity contribution is 5.33. The van der Waals surface area contributed by atoms with Gasteiger partial charge in [-0.1, -0.05) is 36.4 Å². The molecule has 0 saturated heterocycles. The molecule has 0 saturated carbocycles. The zero-order chi connectivity index (χ0) is 14.5. The first-order valence-corrected chi connectivity index (χ1v) is 6.68. The van der Waals surface area contributed by atoms with Gasteiger partial charge < -0.3 is 10.1 Å². The zero-order valence-electron chi connectivity index (χ0n) is 12.1. The molecule has 0 spiro atoms. The Labute approximate surface area is 119 Å². The maximum atomic E-state index is 13.5. The number of ether oxygens (including phenoxy) is 1. The predicted molar refractivity (Wildman–Crippen MR) is 79.1 cm³/mol. The summed E-state index contributed by atoms with van der Waals surface area (Å²) in [7, 11) is 3.54. The van der Waals surface area contributed by atoms with Crippen molar-refractivity contribution < 1.29 is 9.13 Å². The number of halogens is 1. The normalized spacial score (nSPS) is 14.0. The van der Waals surface area contributed by atoms with Crippen LogP contribution in [-0.4, -0.2) is 14.2 Å². The first-order valence-electron chi connectivity index (χ1n) is 6.68. The Bertz CT molecular complexity index is 556. The van der Waals surface area contributed by atoms with Crippen LogP contribution < -0.4 is 5.32 Å². The minimum Gasteiger partial charge on any atom is -0.375 e. The van der Waals surface area contributed by atoms with Gasteiger partial charge in [-0.2, -0.15) is 0 Å². The topological polar surface area (TPSA) is 21.3 Å². The number of hydrogen-bond acceptors (Lipinski definition) is 2. The Morgan fingerprint density at radius 3 is 2.40 bits per heavy atom. The van der Waals surface area contributed by atoms with Gasteiger partial charge in [-0.25, -0.2) is 4.39 Å². The summed E-state index contributed by atoms with van der Waals surface area (Å²) >= 11 is 0. The second kappa shape index (κ2) is 6.64. The minimum absolute atomic E-state index is 0.0990. The lowest BCUT2D eigenvalue weighted by Gasteiger charge is -2.27. The molecule has 0 amide bonds. The summed E-state index contributed by atoms with van der Waals surface area (Å²) in [5.41, 5.74) is 3.03. The first kappa shape index (κ1) is 14.7. The molecule has 0 bridgehead atoms. The molecule has 0 aliphatic carbocycles. The van der Waals surface area contributed by atoms with E-state index >= 15 is 0 Å². The number of rotatable bonds is 5. The number of benzene rings is 2. The van der Waals surface area contributed by atoms with Crippen molar-refractivity contribution in [2.75, 3.05) is 14.2 Å². The third kappa shape index (κ3) is 3.06. The summed E-state index contributed by atoms with van der Waals surface area (Å²) in [6.07, 6.45) is -0.165. The summed E-state index contributed by atoms with van der Waals surface area (Å²) < 4.78 is 19.2. The van der Waals surface area contributed by atoms with Gasteiger partial charge in [0.05, 0.1) is 6.04 Å². The zero-order valence-corrected chi connectivity index (χ0v) is 12.1. The molecule has 0 aromatic heterocycles. The third-order valence-electron chi connectivity index (χ3n) is 3.57. The minimum atomic E-state index is -0.228. The molecule has 2 unspecified atom stereocenters. The highest BCUT2D eigenvalue weighted by Gasteiger charge is 2.24. The van der Waals surface area contributed by atoms with E-state index < -0.39 is 0 Å². The van der Waals surface area contributed by atoms with Gasteiger partial charge in [0.1, 0.15) is 11.9 Å². The SMILES string of the molecule is CNC(c1cc(F)ccc1C)C(OC)c1ccccc1. The average Bonchev–Trinajstić information content (AvgIpc) is 2.48. The molecule has 0 aliphatic heterocycles. The van der Waals surface area contributed by atoms with E-state index in [1.807, 2.05) is 44.3 Å². The molecule has 0 fully saturated rings. The van der Waals surface area contributed by atoms with E-state index in [1.54, 1.807) is 19.2 Å². The van der Waals surface area contributed by atoms with Gasteiger partial charge in [0, 0.05) is 7.11 Å². The lowest BCUT2D eigenvalue weighted by molar-refractivity contribution is 0.0699. The van der Waals surface area contributed by atoms with Crippen LogP contribution in [0.15, 0.2) is 48.5 Å². The van der Waals surface area contributed by atoms with Crippen LogP contribution in [0.4, 0.5) is 4.39 Å². The Hall–Kier alpha value is -1.71. The van der Waals surface area contributed by atoms with Gasteiger partial charge in [0.2, 0.25) is 0 Å². The largest absolute Gasteiger partial charge is 0.375 e. The standard InChI is InChI=1S/C17H20FNO/c1-12-9-10-14(18)11-15(12)16(19-2)17(20-3)13-7-5-4-6-8-13/h4-11,16-17,19H,1-3H3. The summed E-state index contributed by atoms with van der Waals surface area (Å²) in [4.78, 5) is 0. The van der Waals surface area contributed by atoms with Crippen LogP contribution in [-0.2, 0) is 4.74 Å². The van der Waals surface area contributed by atoms with E-state index in [1.165, 1.54) is 6.07 Å². The molecular formula is C17H20FNO. The Kier molecular flexibility index (Phi) is 4.88. The van der Waals surface area contributed by atoms with Crippen LogP contribution in [0.25, 0.3) is 0 Å². The number of nitrogens with one attached hydrogen (secondary N) is 1. The molecule has 106 valence electrons. The summed E-state index contributed by atoms with van der Waals surface area (Å²) in [6.45, 7) is 1.98. The van der Waals surface area contributed by atoms with Crippen molar-refractivity contribution >= 4 is 0 Å². The highest BCUT2D eigenvalue weighted by atomic mass is 19.1. The van der Waals surface area contributed by atoms with Crippen molar-refractivity contribution in [2.45, 2.75) is 19.1 Å². The molecule has 2 rings (SSSR count). The molecule has 2 atom stereocenters. The first-order chi connectivity index (χ1) is 9.67. The van der Waals surface area contributed by atoms with Crippen LogP contribution in [0.5, 0.6) is 0 Å². The van der Waals surface area contributed by atoms with Crippen molar-refractivity contribution in [1.29, 1.82) is 0 Å². The molecule has 0 heterocycles. The third-order valence-corrected chi connectivity index (χ3v) is 3.57. The summed E-state index contributed by atoms with van der Waals surface area (Å²) in [5.74, 6) is -0.228. The fourth-order valence-electron chi connectivity index (χ4n) is 2.52. The van der Waals surface area contributed by atoms with E-state index in [0.717, 1.165) is 16.7 Å². The van der Waals surface area contributed by atoms with Crippen molar-refractivity contribution in [1.82, 2.24) is 5.32 Å². The average molecular weight is 273 g/mol. The van der Waals surface area contributed by atoms with Gasteiger partial charge in [0.15, 0.2) is 0 Å². The lowest BCUT2D eigenvalue weighted by atomic mass is 9.92. The predicted octanol–water partition coefficient (Wildman–Crippen LogP) is 3.78. The van der Waals surface area contributed by atoms with Gasteiger partial charge in [-0.05, 0) is 42.8 Å². The number of hydrogen-bond donors (Lipinski definition) is 1. The number of likely N-dealkylation sites (N-methyl/N-ethyl adjacent to an activating group) is 1. The maximum Gasteiger partial charge on any atom is 0.123 e. The van der Waals surface area contributed by atoms with Gasteiger partial charge in [-0.3, -0.25) is 0 Å². The van der Waals surface area contributed by atoms with E-state index in [-0.39, 0.29) is 18.0 Å². The molecule has 2 aromatic rings. The van der Waals surface area contributed by atoms with Crippen LogP contribution >= 0.6 is 0 Å². The molecule has 2 nitrogen and oxygen atoms in total. The van der Waals surface area contributed by atoms with E-state index in [2.05, 4.69) is 5.32 Å². The monoisotopic (exact) mass is 273 g/mol. The molecule has 3 heteroatoms. The highest BCUT2D eigenvalue weighted by Crippen LogP contribution is 2.33. The maximum absolute atomic E-state index is 13.5.